The number of rotatable bonds is 8. The lowest BCUT2D eigenvalue weighted by Crippen LogP contribution is -2.46. The Morgan fingerprint density at radius 3 is 2.00 bits per heavy atom. The van der Waals surface area contributed by atoms with Crippen LogP contribution in [-0.4, -0.2) is 61.2 Å². The number of nitrogens with one attached hydrogen (secondary N) is 1. The van der Waals surface area contributed by atoms with Crippen LogP contribution in [0.25, 0.3) is 0 Å². The summed E-state index contributed by atoms with van der Waals surface area (Å²) < 4.78 is 0. The van der Waals surface area contributed by atoms with Crippen LogP contribution in [0.15, 0.2) is 0 Å². The molecule has 110 valence electrons. The van der Waals surface area contributed by atoms with Gasteiger partial charge in [-0.3, -0.25) is 4.90 Å². The first kappa shape index (κ1) is 17.9. The highest BCUT2D eigenvalue weighted by molar-refractivity contribution is 4.77. The third kappa shape index (κ3) is 8.06. The lowest BCUT2D eigenvalue weighted by Gasteiger charge is -2.35. The predicted octanol–water partition coefficient (Wildman–Crippen LogP) is 2.43. The first-order valence-electron chi connectivity index (χ1n) is 7.33. The zero-order valence-corrected chi connectivity index (χ0v) is 13.9. The van der Waals surface area contributed by atoms with E-state index in [1.54, 1.807) is 0 Å². The lowest BCUT2D eigenvalue weighted by molar-refractivity contribution is 0.129. The van der Waals surface area contributed by atoms with Gasteiger partial charge in [0.15, 0.2) is 0 Å². The Morgan fingerprint density at radius 2 is 1.61 bits per heavy atom. The van der Waals surface area contributed by atoms with Crippen LogP contribution >= 0.6 is 0 Å². The van der Waals surface area contributed by atoms with Crippen molar-refractivity contribution in [3.8, 4) is 0 Å². The average molecular weight is 257 g/mol. The molecule has 0 saturated carbocycles. The fraction of sp³-hybridized carbons (Fsp3) is 1.00. The summed E-state index contributed by atoms with van der Waals surface area (Å²) in [5, 5.41) is 3.57. The molecule has 0 fully saturated rings. The molecule has 18 heavy (non-hydrogen) atoms. The molecule has 1 N–H and O–H groups in total. The van der Waals surface area contributed by atoms with E-state index in [0.717, 1.165) is 19.6 Å². The van der Waals surface area contributed by atoms with E-state index in [0.29, 0.717) is 12.1 Å². The fourth-order valence-electron chi connectivity index (χ4n) is 2.51. The molecule has 2 atom stereocenters. The molecule has 3 nitrogen and oxygen atoms in total. The normalized spacial score (nSPS) is 16.3. The molecular formula is C15H35N3. The zero-order chi connectivity index (χ0) is 14.3. The Morgan fingerprint density at radius 1 is 1.06 bits per heavy atom. The highest BCUT2D eigenvalue weighted by Crippen LogP contribution is 2.10. The van der Waals surface area contributed by atoms with E-state index in [1.807, 2.05) is 0 Å². The molecule has 2 unspecified atom stereocenters. The number of nitrogens with zero attached hydrogens (tertiary/aromatic N) is 2. The fourth-order valence-corrected chi connectivity index (χ4v) is 2.51. The number of hydrogen-bond acceptors (Lipinski definition) is 3. The molecule has 0 amide bonds. The largest absolute Gasteiger partial charge is 0.312 e. The number of hydrogen-bond donors (Lipinski definition) is 1. The SMILES string of the molecule is CCN(C(C)CCNC(C)(C)C)C(C)CN(C)C. The lowest BCUT2D eigenvalue weighted by atomic mass is 10.1. The summed E-state index contributed by atoms with van der Waals surface area (Å²) in [6.45, 7) is 17.0. The summed E-state index contributed by atoms with van der Waals surface area (Å²) in [5.74, 6) is 0. The molecule has 0 aliphatic heterocycles. The van der Waals surface area contributed by atoms with E-state index >= 15 is 0 Å². The van der Waals surface area contributed by atoms with E-state index in [1.165, 1.54) is 6.42 Å². The summed E-state index contributed by atoms with van der Waals surface area (Å²) in [5.41, 5.74) is 0.228. The quantitative estimate of drug-likeness (QED) is 0.720. The summed E-state index contributed by atoms with van der Waals surface area (Å²) in [4.78, 5) is 4.87. The monoisotopic (exact) mass is 257 g/mol. The summed E-state index contributed by atoms with van der Waals surface area (Å²) >= 11 is 0. The molecule has 0 spiro atoms. The van der Waals surface area contributed by atoms with Gasteiger partial charge in [0.25, 0.3) is 0 Å². The molecule has 0 aromatic heterocycles. The second-order valence-electron chi connectivity index (χ2n) is 6.76. The van der Waals surface area contributed by atoms with Gasteiger partial charge in [0.2, 0.25) is 0 Å². The molecule has 0 radical (unpaired) electrons. The first-order chi connectivity index (χ1) is 8.17. The molecule has 0 aromatic rings. The minimum atomic E-state index is 0.228. The van der Waals surface area contributed by atoms with E-state index in [4.69, 9.17) is 0 Å². The van der Waals surface area contributed by atoms with Crippen LogP contribution in [-0.2, 0) is 0 Å². The van der Waals surface area contributed by atoms with Crippen molar-refractivity contribution in [1.29, 1.82) is 0 Å². The van der Waals surface area contributed by atoms with Crippen molar-refractivity contribution in [3.05, 3.63) is 0 Å². The maximum atomic E-state index is 3.57. The smallest absolute Gasteiger partial charge is 0.0197 e. The van der Waals surface area contributed by atoms with E-state index in [2.05, 4.69) is 70.8 Å². The molecular weight excluding hydrogens is 222 g/mol. The van der Waals surface area contributed by atoms with Gasteiger partial charge in [-0.05, 0) is 68.2 Å². The molecule has 0 rings (SSSR count). The highest BCUT2D eigenvalue weighted by Gasteiger charge is 2.19. The van der Waals surface area contributed by atoms with Crippen molar-refractivity contribution in [2.45, 2.75) is 65.6 Å². The molecule has 0 saturated heterocycles. The van der Waals surface area contributed by atoms with Gasteiger partial charge in [-0.15, -0.1) is 0 Å². The standard InChI is InChI=1S/C15H35N3/c1-9-18(14(3)12-17(7)8)13(2)10-11-16-15(4,5)6/h13-14,16H,9-12H2,1-8H3. The van der Waals surface area contributed by atoms with Crippen LogP contribution in [0.1, 0.15) is 48.0 Å². The Hall–Kier alpha value is -0.120. The summed E-state index contributed by atoms with van der Waals surface area (Å²) in [6, 6.07) is 1.26. The second-order valence-corrected chi connectivity index (χ2v) is 6.76. The maximum absolute atomic E-state index is 3.57. The van der Waals surface area contributed by atoms with Gasteiger partial charge >= 0.3 is 0 Å². The predicted molar refractivity (Wildman–Crippen MR) is 82.2 cm³/mol. The van der Waals surface area contributed by atoms with Crippen LogP contribution in [0, 0.1) is 0 Å². The Kier molecular flexibility index (Phi) is 8.08. The average Bonchev–Trinajstić information content (AvgIpc) is 2.15. The first-order valence-corrected chi connectivity index (χ1v) is 7.33. The van der Waals surface area contributed by atoms with Gasteiger partial charge in [-0.25, -0.2) is 0 Å². The van der Waals surface area contributed by atoms with Crippen LogP contribution in [0.3, 0.4) is 0 Å². The van der Waals surface area contributed by atoms with Crippen molar-refractivity contribution in [3.63, 3.8) is 0 Å². The van der Waals surface area contributed by atoms with Crippen molar-refractivity contribution in [2.75, 3.05) is 33.7 Å². The Labute approximate surface area is 115 Å². The third-order valence-corrected chi connectivity index (χ3v) is 3.34. The van der Waals surface area contributed by atoms with Gasteiger partial charge in [0, 0.05) is 24.2 Å². The molecule has 0 heterocycles. The van der Waals surface area contributed by atoms with Crippen LogP contribution in [0.5, 0.6) is 0 Å². The topological polar surface area (TPSA) is 18.5 Å². The van der Waals surface area contributed by atoms with Gasteiger partial charge in [0.1, 0.15) is 0 Å². The van der Waals surface area contributed by atoms with Crippen molar-refractivity contribution >= 4 is 0 Å². The molecule has 0 aromatic carbocycles. The van der Waals surface area contributed by atoms with E-state index < -0.39 is 0 Å². The molecule has 0 aliphatic carbocycles. The Bertz CT molecular complexity index is 208. The minimum absolute atomic E-state index is 0.228. The van der Waals surface area contributed by atoms with E-state index in [9.17, 15) is 0 Å². The maximum Gasteiger partial charge on any atom is 0.0197 e. The zero-order valence-electron chi connectivity index (χ0n) is 13.9. The molecule has 0 bridgehead atoms. The van der Waals surface area contributed by atoms with Crippen molar-refractivity contribution in [1.82, 2.24) is 15.1 Å². The van der Waals surface area contributed by atoms with Crippen molar-refractivity contribution < 1.29 is 0 Å². The van der Waals surface area contributed by atoms with Gasteiger partial charge in [0.05, 0.1) is 0 Å². The molecule has 3 heteroatoms. The summed E-state index contributed by atoms with van der Waals surface area (Å²) in [6.07, 6.45) is 1.21. The highest BCUT2D eigenvalue weighted by atomic mass is 15.2. The van der Waals surface area contributed by atoms with Crippen LogP contribution < -0.4 is 5.32 Å². The van der Waals surface area contributed by atoms with Gasteiger partial charge < -0.3 is 10.2 Å². The Balaban J connectivity index is 4.14. The van der Waals surface area contributed by atoms with Crippen LogP contribution in [0.4, 0.5) is 0 Å². The molecule has 0 aliphatic rings. The van der Waals surface area contributed by atoms with Crippen molar-refractivity contribution in [2.24, 2.45) is 0 Å². The second kappa shape index (κ2) is 8.13. The third-order valence-electron chi connectivity index (χ3n) is 3.34. The van der Waals surface area contributed by atoms with Gasteiger partial charge in [-0.2, -0.15) is 0 Å². The van der Waals surface area contributed by atoms with Crippen LogP contribution in [0.2, 0.25) is 0 Å². The van der Waals surface area contributed by atoms with E-state index in [-0.39, 0.29) is 5.54 Å². The number of likely N-dealkylation sites (N-methyl/N-ethyl adjacent to an activating group) is 2. The van der Waals surface area contributed by atoms with Gasteiger partial charge in [-0.1, -0.05) is 6.92 Å². The summed E-state index contributed by atoms with van der Waals surface area (Å²) in [7, 11) is 4.30. The minimum Gasteiger partial charge on any atom is -0.312 e.